The first-order valence-electron chi connectivity index (χ1n) is 8.78. The van der Waals surface area contributed by atoms with E-state index in [-0.39, 0.29) is 22.7 Å². The lowest BCUT2D eigenvalue weighted by Gasteiger charge is -2.11. The Morgan fingerprint density at radius 3 is 2.48 bits per heavy atom. The van der Waals surface area contributed by atoms with Crippen LogP contribution in [0.3, 0.4) is 0 Å². The number of anilines is 1. The third kappa shape index (κ3) is 4.76. The molecule has 2 aromatic carbocycles. The van der Waals surface area contributed by atoms with Gasteiger partial charge in [-0.15, -0.1) is 0 Å². The number of nitrogens with one attached hydrogen (secondary N) is 2. The van der Waals surface area contributed by atoms with E-state index in [4.69, 9.17) is 0 Å². The van der Waals surface area contributed by atoms with Crippen LogP contribution in [0.4, 0.5) is 5.69 Å². The van der Waals surface area contributed by atoms with Crippen LogP contribution in [-0.4, -0.2) is 31.2 Å². The van der Waals surface area contributed by atoms with Gasteiger partial charge in [0.05, 0.1) is 11.4 Å². The summed E-state index contributed by atoms with van der Waals surface area (Å²) in [5.74, 6) is -0.552. The van der Waals surface area contributed by atoms with Crippen molar-refractivity contribution in [3.8, 4) is 0 Å². The van der Waals surface area contributed by atoms with Crippen LogP contribution in [0.2, 0.25) is 0 Å². The van der Waals surface area contributed by atoms with Crippen molar-refractivity contribution < 1.29 is 13.2 Å². The molecule has 0 unspecified atom stereocenters. The first-order chi connectivity index (χ1) is 13.8. The first kappa shape index (κ1) is 20.4. The third-order valence-corrected chi connectivity index (χ3v) is 5.84. The van der Waals surface area contributed by atoms with Crippen LogP contribution in [0.5, 0.6) is 0 Å². The molecule has 0 aliphatic carbocycles. The lowest BCUT2D eigenvalue weighted by atomic mass is 10.2. The fraction of sp³-hybridized carbons (Fsp3) is 0.150. The van der Waals surface area contributed by atoms with E-state index in [0.29, 0.717) is 11.3 Å². The topological polar surface area (TPSA) is 110 Å². The molecule has 3 rings (SSSR count). The highest BCUT2D eigenvalue weighted by molar-refractivity contribution is 7.89. The van der Waals surface area contributed by atoms with Crippen molar-refractivity contribution in [1.82, 2.24) is 14.5 Å². The van der Waals surface area contributed by atoms with Crippen molar-refractivity contribution in [2.75, 3.05) is 12.4 Å². The van der Waals surface area contributed by atoms with E-state index in [9.17, 15) is 18.0 Å². The summed E-state index contributed by atoms with van der Waals surface area (Å²) in [6.45, 7) is 1.90. The fourth-order valence-corrected chi connectivity index (χ4v) is 3.71. The van der Waals surface area contributed by atoms with E-state index >= 15 is 0 Å². The van der Waals surface area contributed by atoms with Crippen molar-refractivity contribution in [3.05, 3.63) is 87.8 Å². The van der Waals surface area contributed by atoms with Crippen molar-refractivity contribution >= 4 is 21.6 Å². The molecule has 8 nitrogen and oxygen atoms in total. The summed E-state index contributed by atoms with van der Waals surface area (Å²) in [6.07, 6.45) is 0. The molecule has 0 saturated heterocycles. The molecular weight excluding hydrogens is 392 g/mol. The number of amides is 1. The molecule has 0 atom stereocenters. The number of benzene rings is 2. The molecule has 2 N–H and O–H groups in total. The molecule has 0 aliphatic heterocycles. The van der Waals surface area contributed by atoms with Gasteiger partial charge in [-0.3, -0.25) is 9.59 Å². The van der Waals surface area contributed by atoms with E-state index in [1.54, 1.807) is 19.1 Å². The van der Waals surface area contributed by atoms with Gasteiger partial charge in [0, 0.05) is 11.8 Å². The number of carbonyl (C=O) groups excluding carboxylic acids is 1. The lowest BCUT2D eigenvalue weighted by Crippen LogP contribution is -2.26. The fourth-order valence-electron chi connectivity index (χ4n) is 2.71. The van der Waals surface area contributed by atoms with E-state index in [1.807, 2.05) is 30.3 Å². The molecule has 1 heterocycles. The van der Waals surface area contributed by atoms with Gasteiger partial charge in [-0.1, -0.05) is 36.4 Å². The number of carbonyl (C=O) groups is 1. The zero-order valence-corrected chi connectivity index (χ0v) is 16.7. The minimum absolute atomic E-state index is 0.0409. The van der Waals surface area contributed by atoms with E-state index < -0.39 is 15.9 Å². The van der Waals surface area contributed by atoms with Gasteiger partial charge in [0.25, 0.3) is 11.5 Å². The van der Waals surface area contributed by atoms with Crippen LogP contribution in [-0.2, 0) is 16.6 Å². The average Bonchev–Trinajstić information content (AvgIpc) is 2.71. The predicted molar refractivity (Wildman–Crippen MR) is 109 cm³/mol. The molecule has 0 radical (unpaired) electrons. The molecule has 29 heavy (non-hydrogen) atoms. The third-order valence-electron chi connectivity index (χ3n) is 4.28. The minimum atomic E-state index is -3.66. The minimum Gasteiger partial charge on any atom is -0.321 e. The number of hydrogen-bond acceptors (Lipinski definition) is 5. The van der Waals surface area contributed by atoms with Crippen molar-refractivity contribution in [2.45, 2.75) is 18.4 Å². The maximum atomic E-state index is 12.6. The lowest BCUT2D eigenvalue weighted by molar-refractivity contribution is 0.102. The van der Waals surface area contributed by atoms with Crippen molar-refractivity contribution in [2.24, 2.45) is 0 Å². The monoisotopic (exact) mass is 412 g/mol. The summed E-state index contributed by atoms with van der Waals surface area (Å²) in [4.78, 5) is 24.7. The summed E-state index contributed by atoms with van der Waals surface area (Å²) in [6, 6.07) is 16.5. The Balaban J connectivity index is 1.86. The summed E-state index contributed by atoms with van der Waals surface area (Å²) in [5.41, 5.74) is 1.44. The summed E-state index contributed by atoms with van der Waals surface area (Å²) in [5, 5.41) is 6.75. The van der Waals surface area contributed by atoms with E-state index in [1.165, 1.54) is 29.9 Å². The van der Waals surface area contributed by atoms with Gasteiger partial charge in [0.2, 0.25) is 10.0 Å². The first-order valence-corrected chi connectivity index (χ1v) is 10.3. The zero-order valence-electron chi connectivity index (χ0n) is 15.9. The molecule has 0 saturated carbocycles. The van der Waals surface area contributed by atoms with Crippen molar-refractivity contribution in [1.29, 1.82) is 0 Å². The quantitative estimate of drug-likeness (QED) is 0.641. The molecule has 1 amide bonds. The molecule has 0 bridgehead atoms. The van der Waals surface area contributed by atoms with Gasteiger partial charge < -0.3 is 5.32 Å². The standard InChI is InChI=1S/C20H20N4O4S/c1-14-8-9-16(12-18(14)29(27,28)21-2)22-20(26)17-10-11-19(25)24(23-17)13-15-6-4-3-5-7-15/h3-12,21H,13H2,1-2H3,(H,22,26). The smallest absolute Gasteiger partial charge is 0.276 e. The second-order valence-corrected chi connectivity index (χ2v) is 8.20. The van der Waals surface area contributed by atoms with Crippen LogP contribution in [0, 0.1) is 6.92 Å². The second-order valence-electron chi connectivity index (χ2n) is 6.34. The highest BCUT2D eigenvalue weighted by Crippen LogP contribution is 2.20. The van der Waals surface area contributed by atoms with Gasteiger partial charge in [0.15, 0.2) is 0 Å². The summed E-state index contributed by atoms with van der Waals surface area (Å²) < 4.78 is 27.7. The highest BCUT2D eigenvalue weighted by atomic mass is 32.2. The molecule has 1 aromatic heterocycles. The molecule has 150 valence electrons. The molecular formula is C20H20N4O4S. The maximum Gasteiger partial charge on any atom is 0.276 e. The number of rotatable bonds is 6. The number of nitrogens with zero attached hydrogens (tertiary/aromatic N) is 2. The molecule has 0 aliphatic rings. The number of hydrogen-bond donors (Lipinski definition) is 2. The normalized spacial score (nSPS) is 11.2. The largest absolute Gasteiger partial charge is 0.321 e. The average molecular weight is 412 g/mol. The Bertz CT molecular complexity index is 1200. The van der Waals surface area contributed by atoms with Crippen molar-refractivity contribution in [3.63, 3.8) is 0 Å². The molecule has 3 aromatic rings. The van der Waals surface area contributed by atoms with E-state index in [2.05, 4.69) is 15.1 Å². The van der Waals surface area contributed by atoms with Gasteiger partial charge in [-0.05, 0) is 43.3 Å². The number of sulfonamides is 1. The Hall–Kier alpha value is -3.30. The Morgan fingerprint density at radius 1 is 1.07 bits per heavy atom. The van der Waals surface area contributed by atoms with Gasteiger partial charge >= 0.3 is 0 Å². The van der Waals surface area contributed by atoms with E-state index in [0.717, 1.165) is 5.56 Å². The van der Waals surface area contributed by atoms with Gasteiger partial charge in [-0.2, -0.15) is 5.10 Å². The molecule has 0 fully saturated rings. The molecule has 0 spiro atoms. The summed E-state index contributed by atoms with van der Waals surface area (Å²) >= 11 is 0. The number of aryl methyl sites for hydroxylation is 1. The maximum absolute atomic E-state index is 12.6. The van der Waals surface area contributed by atoms with Crippen LogP contribution in [0.15, 0.2) is 70.4 Å². The number of aromatic nitrogens is 2. The van der Waals surface area contributed by atoms with Gasteiger partial charge in [0.1, 0.15) is 5.69 Å². The van der Waals surface area contributed by atoms with Crippen LogP contribution in [0.1, 0.15) is 21.6 Å². The summed E-state index contributed by atoms with van der Waals surface area (Å²) in [7, 11) is -2.34. The van der Waals surface area contributed by atoms with Crippen LogP contribution >= 0.6 is 0 Å². The second kappa shape index (κ2) is 8.38. The Kier molecular flexibility index (Phi) is 5.90. The Labute approximate surface area is 168 Å². The SMILES string of the molecule is CNS(=O)(=O)c1cc(NC(=O)c2ccc(=O)n(Cc3ccccc3)n2)ccc1C. The Morgan fingerprint density at radius 2 is 1.79 bits per heavy atom. The molecule has 9 heteroatoms. The van der Waals surface area contributed by atoms with Gasteiger partial charge in [-0.25, -0.2) is 17.8 Å². The van der Waals surface area contributed by atoms with Crippen LogP contribution in [0.25, 0.3) is 0 Å². The van der Waals surface area contributed by atoms with Crippen LogP contribution < -0.4 is 15.6 Å². The predicted octanol–water partition coefficient (Wildman–Crippen LogP) is 1.76. The zero-order chi connectivity index (χ0) is 21.0. The highest BCUT2D eigenvalue weighted by Gasteiger charge is 2.17.